The van der Waals surface area contributed by atoms with Crippen LogP contribution in [0.2, 0.25) is 0 Å². The van der Waals surface area contributed by atoms with Gasteiger partial charge in [0.05, 0.1) is 6.61 Å². The van der Waals surface area contributed by atoms with Gasteiger partial charge in [-0.1, -0.05) is 20.8 Å². The monoisotopic (exact) mass is 301 g/mol. The molecule has 126 valence electrons. The summed E-state index contributed by atoms with van der Waals surface area (Å²) in [7, 11) is 4.18. The summed E-state index contributed by atoms with van der Waals surface area (Å²) in [5, 5.41) is 3.31. The van der Waals surface area contributed by atoms with E-state index in [-0.39, 0.29) is 18.1 Å². The van der Waals surface area contributed by atoms with Crippen LogP contribution in [0.5, 0.6) is 0 Å². The van der Waals surface area contributed by atoms with E-state index in [1.54, 1.807) is 0 Å². The zero-order valence-corrected chi connectivity index (χ0v) is 15.0. The SMILES string of the molecule is CCOC(=O)C(CCN(CC)C(C)CN(C)C)NC(C)C. The second kappa shape index (κ2) is 11.0. The van der Waals surface area contributed by atoms with Crippen LogP contribution in [0.4, 0.5) is 0 Å². The molecule has 0 radical (unpaired) electrons. The number of likely N-dealkylation sites (N-methyl/N-ethyl adjacent to an activating group) is 2. The van der Waals surface area contributed by atoms with E-state index < -0.39 is 0 Å². The van der Waals surface area contributed by atoms with Crippen molar-refractivity contribution in [3.05, 3.63) is 0 Å². The number of nitrogens with one attached hydrogen (secondary N) is 1. The van der Waals surface area contributed by atoms with Gasteiger partial charge in [-0.25, -0.2) is 0 Å². The zero-order valence-electron chi connectivity index (χ0n) is 15.0. The first-order chi connectivity index (χ1) is 9.81. The molecular weight excluding hydrogens is 266 g/mol. The number of esters is 1. The van der Waals surface area contributed by atoms with Crippen LogP contribution in [0.1, 0.15) is 41.0 Å². The largest absolute Gasteiger partial charge is 0.465 e. The molecule has 0 aliphatic heterocycles. The van der Waals surface area contributed by atoms with Gasteiger partial charge in [-0.15, -0.1) is 0 Å². The molecule has 0 aliphatic rings. The van der Waals surface area contributed by atoms with Crippen LogP contribution in [0.25, 0.3) is 0 Å². The molecule has 0 heterocycles. The second-order valence-electron chi connectivity index (χ2n) is 6.15. The second-order valence-corrected chi connectivity index (χ2v) is 6.15. The molecule has 0 spiro atoms. The predicted octanol–water partition coefficient (Wildman–Crippen LogP) is 1.58. The summed E-state index contributed by atoms with van der Waals surface area (Å²) < 4.78 is 5.17. The van der Waals surface area contributed by atoms with Crippen molar-refractivity contribution in [2.45, 2.75) is 59.2 Å². The Morgan fingerprint density at radius 1 is 1.19 bits per heavy atom. The van der Waals surface area contributed by atoms with Crippen LogP contribution in [0.3, 0.4) is 0 Å². The van der Waals surface area contributed by atoms with Crippen molar-refractivity contribution < 1.29 is 9.53 Å². The van der Waals surface area contributed by atoms with E-state index in [1.807, 2.05) is 6.92 Å². The number of hydrogen-bond acceptors (Lipinski definition) is 5. The molecule has 0 aliphatic carbocycles. The Bertz CT molecular complexity index is 283. The Balaban J connectivity index is 4.51. The molecule has 2 atom stereocenters. The number of carbonyl (C=O) groups is 1. The molecule has 5 heteroatoms. The van der Waals surface area contributed by atoms with E-state index in [9.17, 15) is 4.79 Å². The average Bonchev–Trinajstić information content (AvgIpc) is 2.36. The van der Waals surface area contributed by atoms with Crippen LogP contribution in [0.15, 0.2) is 0 Å². The lowest BCUT2D eigenvalue weighted by Gasteiger charge is -2.31. The summed E-state index contributed by atoms with van der Waals surface area (Å²) in [6.07, 6.45) is 0.780. The van der Waals surface area contributed by atoms with Gasteiger partial charge in [-0.2, -0.15) is 0 Å². The Kier molecular flexibility index (Phi) is 10.6. The van der Waals surface area contributed by atoms with Crippen LogP contribution in [-0.2, 0) is 9.53 Å². The topological polar surface area (TPSA) is 44.8 Å². The molecule has 1 N–H and O–H groups in total. The van der Waals surface area contributed by atoms with Crippen molar-refractivity contribution in [2.24, 2.45) is 0 Å². The van der Waals surface area contributed by atoms with E-state index in [1.165, 1.54) is 0 Å². The molecule has 2 unspecified atom stereocenters. The Morgan fingerprint density at radius 2 is 1.81 bits per heavy atom. The Morgan fingerprint density at radius 3 is 2.24 bits per heavy atom. The zero-order chi connectivity index (χ0) is 16.4. The third-order valence-corrected chi connectivity index (χ3v) is 3.47. The number of hydrogen-bond donors (Lipinski definition) is 1. The van der Waals surface area contributed by atoms with E-state index in [2.05, 4.69) is 56.9 Å². The summed E-state index contributed by atoms with van der Waals surface area (Å²) in [6.45, 7) is 13.7. The van der Waals surface area contributed by atoms with Crippen LogP contribution >= 0.6 is 0 Å². The Labute approximate surface area is 131 Å². The molecule has 0 saturated heterocycles. The smallest absolute Gasteiger partial charge is 0.323 e. The van der Waals surface area contributed by atoms with Crippen molar-refractivity contribution in [2.75, 3.05) is 40.3 Å². The van der Waals surface area contributed by atoms with E-state index in [0.717, 1.165) is 26.1 Å². The fourth-order valence-corrected chi connectivity index (χ4v) is 2.54. The third kappa shape index (κ3) is 9.06. The molecular formula is C16H35N3O2. The molecule has 5 nitrogen and oxygen atoms in total. The van der Waals surface area contributed by atoms with Gasteiger partial charge in [0, 0.05) is 25.2 Å². The molecule has 0 bridgehead atoms. The first kappa shape index (κ1) is 20.3. The fraction of sp³-hybridized carbons (Fsp3) is 0.938. The fourth-order valence-electron chi connectivity index (χ4n) is 2.54. The highest BCUT2D eigenvalue weighted by atomic mass is 16.5. The molecule has 21 heavy (non-hydrogen) atoms. The average molecular weight is 301 g/mol. The van der Waals surface area contributed by atoms with E-state index in [4.69, 9.17) is 4.74 Å². The van der Waals surface area contributed by atoms with Crippen molar-refractivity contribution in [3.8, 4) is 0 Å². The highest BCUT2D eigenvalue weighted by Gasteiger charge is 2.22. The molecule has 0 aromatic carbocycles. The van der Waals surface area contributed by atoms with Gasteiger partial charge in [0.1, 0.15) is 6.04 Å². The van der Waals surface area contributed by atoms with Gasteiger partial charge in [0.15, 0.2) is 0 Å². The van der Waals surface area contributed by atoms with Gasteiger partial charge in [-0.3, -0.25) is 9.69 Å². The molecule has 0 amide bonds. The Hall–Kier alpha value is -0.650. The highest BCUT2D eigenvalue weighted by Crippen LogP contribution is 2.06. The van der Waals surface area contributed by atoms with Gasteiger partial charge >= 0.3 is 5.97 Å². The van der Waals surface area contributed by atoms with Crippen molar-refractivity contribution in [3.63, 3.8) is 0 Å². The third-order valence-electron chi connectivity index (χ3n) is 3.47. The lowest BCUT2D eigenvalue weighted by atomic mass is 10.1. The first-order valence-electron chi connectivity index (χ1n) is 8.13. The van der Waals surface area contributed by atoms with Gasteiger partial charge in [0.25, 0.3) is 0 Å². The van der Waals surface area contributed by atoms with Gasteiger partial charge in [-0.05, 0) is 40.9 Å². The number of ether oxygens (including phenoxy) is 1. The lowest BCUT2D eigenvalue weighted by Crippen LogP contribution is -2.46. The molecule has 0 aromatic rings. The number of rotatable bonds is 11. The normalized spacial score (nSPS) is 14.8. The first-order valence-corrected chi connectivity index (χ1v) is 8.13. The van der Waals surface area contributed by atoms with Crippen molar-refractivity contribution in [1.82, 2.24) is 15.1 Å². The highest BCUT2D eigenvalue weighted by molar-refractivity contribution is 5.75. The minimum absolute atomic E-state index is 0.137. The van der Waals surface area contributed by atoms with Gasteiger partial charge < -0.3 is 15.0 Å². The minimum atomic E-state index is -0.217. The molecule has 0 rings (SSSR count). The van der Waals surface area contributed by atoms with E-state index >= 15 is 0 Å². The maximum atomic E-state index is 12.0. The summed E-state index contributed by atoms with van der Waals surface area (Å²) >= 11 is 0. The van der Waals surface area contributed by atoms with Gasteiger partial charge in [0.2, 0.25) is 0 Å². The van der Waals surface area contributed by atoms with Crippen molar-refractivity contribution >= 4 is 5.97 Å². The summed E-state index contributed by atoms with van der Waals surface area (Å²) in [4.78, 5) is 16.6. The molecule has 0 aromatic heterocycles. The van der Waals surface area contributed by atoms with Crippen LogP contribution in [0, 0.1) is 0 Å². The quantitative estimate of drug-likeness (QED) is 0.587. The summed E-state index contributed by atoms with van der Waals surface area (Å²) in [5.74, 6) is -0.137. The summed E-state index contributed by atoms with van der Waals surface area (Å²) in [5.41, 5.74) is 0. The summed E-state index contributed by atoms with van der Waals surface area (Å²) in [6, 6.07) is 0.533. The molecule has 0 saturated carbocycles. The maximum Gasteiger partial charge on any atom is 0.323 e. The maximum absolute atomic E-state index is 12.0. The number of carbonyl (C=O) groups excluding carboxylic acids is 1. The predicted molar refractivity (Wildman–Crippen MR) is 88.6 cm³/mol. The molecule has 0 fully saturated rings. The van der Waals surface area contributed by atoms with Crippen molar-refractivity contribution in [1.29, 1.82) is 0 Å². The minimum Gasteiger partial charge on any atom is -0.465 e. The van der Waals surface area contributed by atoms with Crippen LogP contribution < -0.4 is 5.32 Å². The number of nitrogens with zero attached hydrogens (tertiary/aromatic N) is 2. The van der Waals surface area contributed by atoms with Crippen LogP contribution in [-0.4, -0.2) is 74.2 Å². The lowest BCUT2D eigenvalue weighted by molar-refractivity contribution is -0.146. The standard InChI is InChI=1S/C16H35N3O2/c1-8-19(14(5)12-18(6)7)11-10-15(17-13(3)4)16(20)21-9-2/h13-15,17H,8-12H2,1-7H3. The van der Waals surface area contributed by atoms with E-state index in [0.29, 0.717) is 12.6 Å².